The van der Waals surface area contributed by atoms with Gasteiger partial charge in [-0.25, -0.2) is 4.39 Å². The lowest BCUT2D eigenvalue weighted by Gasteiger charge is -2.06. The monoisotopic (exact) mass is 342 g/mol. The molecule has 0 atom stereocenters. The van der Waals surface area contributed by atoms with E-state index in [0.29, 0.717) is 15.1 Å². The lowest BCUT2D eigenvalue weighted by molar-refractivity contribution is 0.269. The van der Waals surface area contributed by atoms with Crippen molar-refractivity contribution in [2.75, 3.05) is 0 Å². The van der Waals surface area contributed by atoms with Crippen LogP contribution < -0.4 is 4.74 Å². The van der Waals surface area contributed by atoms with Crippen LogP contribution >= 0.6 is 27.3 Å². The van der Waals surface area contributed by atoms with Crippen LogP contribution in [0.4, 0.5) is 4.39 Å². The summed E-state index contributed by atoms with van der Waals surface area (Å²) >= 11 is 4.67. The van der Waals surface area contributed by atoms with E-state index in [1.807, 2.05) is 5.38 Å². The molecule has 1 N–H and O–H groups in total. The summed E-state index contributed by atoms with van der Waals surface area (Å²) in [6.45, 7) is -0.233. The van der Waals surface area contributed by atoms with Crippen LogP contribution in [0, 0.1) is 5.82 Å². The van der Waals surface area contributed by atoms with Crippen molar-refractivity contribution in [3.05, 3.63) is 45.8 Å². The Kier molecular flexibility index (Phi) is 3.26. The molecule has 0 saturated carbocycles. The predicted molar refractivity (Wildman–Crippen MR) is 73.2 cm³/mol. The number of nitrogens with zero attached hydrogens (tertiary/aromatic N) is 2. The molecule has 0 spiro atoms. The molecule has 2 aromatic heterocycles. The zero-order valence-electron chi connectivity index (χ0n) is 9.51. The number of aliphatic hydroxyl groups excluding tert-OH is 1. The molecule has 0 saturated heterocycles. The lowest BCUT2D eigenvalue weighted by atomic mass is 10.3. The van der Waals surface area contributed by atoms with Gasteiger partial charge in [0, 0.05) is 16.0 Å². The summed E-state index contributed by atoms with van der Waals surface area (Å²) in [5, 5.41) is 11.2. The van der Waals surface area contributed by atoms with Crippen LogP contribution in [0.1, 0.15) is 5.69 Å². The van der Waals surface area contributed by atoms with Gasteiger partial charge in [-0.05, 0) is 18.2 Å². The summed E-state index contributed by atoms with van der Waals surface area (Å²) in [6.07, 6.45) is 1.78. The quantitative estimate of drug-likeness (QED) is 0.791. The van der Waals surface area contributed by atoms with Crippen LogP contribution in [-0.4, -0.2) is 14.5 Å². The number of fused-ring (bicyclic) bond motifs is 1. The summed E-state index contributed by atoms with van der Waals surface area (Å²) < 4.78 is 21.5. The summed E-state index contributed by atoms with van der Waals surface area (Å²) in [5.41, 5.74) is 0.496. The highest BCUT2D eigenvalue weighted by Crippen LogP contribution is 2.31. The molecule has 4 nitrogen and oxygen atoms in total. The Bertz CT molecular complexity index is 740. The highest BCUT2D eigenvalue weighted by Gasteiger charge is 2.16. The van der Waals surface area contributed by atoms with Crippen molar-refractivity contribution >= 4 is 32.2 Å². The second-order valence-electron chi connectivity index (χ2n) is 3.75. The summed E-state index contributed by atoms with van der Waals surface area (Å²) in [5.74, 6) is -0.204. The number of hydrogen-bond donors (Lipinski definition) is 1. The van der Waals surface area contributed by atoms with Gasteiger partial charge >= 0.3 is 0 Å². The first-order valence-electron chi connectivity index (χ1n) is 5.37. The Morgan fingerprint density at radius 2 is 2.32 bits per heavy atom. The Morgan fingerprint density at radius 1 is 1.47 bits per heavy atom. The van der Waals surface area contributed by atoms with E-state index in [4.69, 9.17) is 4.74 Å². The van der Waals surface area contributed by atoms with Gasteiger partial charge in [0.15, 0.2) is 16.5 Å². The lowest BCUT2D eigenvalue weighted by Crippen LogP contribution is -1.95. The highest BCUT2D eigenvalue weighted by atomic mass is 79.9. The summed E-state index contributed by atoms with van der Waals surface area (Å²) in [7, 11) is 0. The summed E-state index contributed by atoms with van der Waals surface area (Å²) in [6, 6.07) is 4.40. The largest absolute Gasteiger partial charge is 0.434 e. The maximum Gasteiger partial charge on any atom is 0.244 e. The molecule has 3 rings (SSSR count). The van der Waals surface area contributed by atoms with Crippen molar-refractivity contribution in [2.24, 2.45) is 0 Å². The Hall–Kier alpha value is -1.44. The van der Waals surface area contributed by atoms with Gasteiger partial charge in [-0.1, -0.05) is 15.9 Å². The topological polar surface area (TPSA) is 46.8 Å². The highest BCUT2D eigenvalue weighted by molar-refractivity contribution is 9.10. The summed E-state index contributed by atoms with van der Waals surface area (Å²) in [4.78, 5) is 4.92. The molecule has 3 aromatic rings. The third kappa shape index (κ3) is 2.24. The number of imidazole rings is 1. The van der Waals surface area contributed by atoms with Crippen LogP contribution in [0.5, 0.6) is 11.6 Å². The van der Waals surface area contributed by atoms with Gasteiger partial charge in [-0.15, -0.1) is 11.3 Å². The van der Waals surface area contributed by atoms with Crippen molar-refractivity contribution in [3.63, 3.8) is 0 Å². The number of benzene rings is 1. The van der Waals surface area contributed by atoms with E-state index >= 15 is 0 Å². The van der Waals surface area contributed by atoms with Crippen molar-refractivity contribution < 1.29 is 14.2 Å². The third-order valence-corrected chi connectivity index (χ3v) is 3.82. The van der Waals surface area contributed by atoms with Gasteiger partial charge in [0.05, 0.1) is 6.61 Å². The molecular weight excluding hydrogens is 335 g/mol. The number of halogens is 2. The van der Waals surface area contributed by atoms with E-state index in [1.54, 1.807) is 16.7 Å². The fourth-order valence-electron chi connectivity index (χ4n) is 1.70. The van der Waals surface area contributed by atoms with Crippen LogP contribution in [0.25, 0.3) is 4.96 Å². The molecule has 2 heterocycles. The Labute approximate surface area is 120 Å². The molecule has 0 bridgehead atoms. The van der Waals surface area contributed by atoms with Gasteiger partial charge in [-0.3, -0.25) is 4.40 Å². The van der Waals surface area contributed by atoms with Gasteiger partial charge in [0.25, 0.3) is 0 Å². The third-order valence-electron chi connectivity index (χ3n) is 2.57. The van der Waals surface area contributed by atoms with Gasteiger partial charge < -0.3 is 9.84 Å². The van der Waals surface area contributed by atoms with Crippen LogP contribution in [0.2, 0.25) is 0 Å². The van der Waals surface area contributed by atoms with Crippen molar-refractivity contribution in [1.82, 2.24) is 9.38 Å². The molecule has 0 fully saturated rings. The van der Waals surface area contributed by atoms with Gasteiger partial charge in [0.1, 0.15) is 5.69 Å². The van der Waals surface area contributed by atoms with E-state index in [1.165, 1.54) is 23.5 Å². The van der Waals surface area contributed by atoms with Crippen molar-refractivity contribution in [1.29, 1.82) is 0 Å². The molecule has 7 heteroatoms. The van der Waals surface area contributed by atoms with E-state index in [0.717, 1.165) is 0 Å². The minimum Gasteiger partial charge on any atom is -0.434 e. The molecule has 0 unspecified atom stereocenters. The van der Waals surface area contributed by atoms with E-state index < -0.39 is 5.82 Å². The standard InChI is InChI=1S/C12H8BrFN2O2S/c13-7-1-2-8(14)10(5-7)18-11-9(6-17)16-3-4-19-12(16)15-11/h1-5,17H,6H2. The number of aromatic nitrogens is 2. The first kappa shape index (κ1) is 12.6. The van der Waals surface area contributed by atoms with Crippen LogP contribution in [0.3, 0.4) is 0 Å². The molecule has 0 aliphatic rings. The minimum absolute atomic E-state index is 0.0647. The maximum atomic E-state index is 13.6. The fourth-order valence-corrected chi connectivity index (χ4v) is 2.76. The van der Waals surface area contributed by atoms with E-state index in [9.17, 15) is 9.50 Å². The second-order valence-corrected chi connectivity index (χ2v) is 5.54. The van der Waals surface area contributed by atoms with E-state index in [2.05, 4.69) is 20.9 Å². The normalized spacial score (nSPS) is 11.1. The Morgan fingerprint density at radius 3 is 3.11 bits per heavy atom. The smallest absolute Gasteiger partial charge is 0.244 e. The minimum atomic E-state index is -0.483. The molecule has 0 aliphatic heterocycles. The molecular formula is C12H8BrFN2O2S. The molecule has 0 amide bonds. The number of thiazole rings is 1. The fraction of sp³-hybridized carbons (Fsp3) is 0.0833. The Balaban J connectivity index is 2.05. The zero-order chi connectivity index (χ0) is 13.4. The first-order chi connectivity index (χ1) is 9.19. The molecule has 0 radical (unpaired) electrons. The second kappa shape index (κ2) is 4.92. The van der Waals surface area contributed by atoms with Crippen LogP contribution in [0.15, 0.2) is 34.2 Å². The average molecular weight is 343 g/mol. The zero-order valence-corrected chi connectivity index (χ0v) is 11.9. The number of rotatable bonds is 3. The SMILES string of the molecule is OCc1c(Oc2cc(Br)ccc2F)nc2sccn12. The van der Waals surface area contributed by atoms with Crippen molar-refractivity contribution in [2.45, 2.75) is 6.61 Å². The first-order valence-corrected chi connectivity index (χ1v) is 7.04. The van der Waals surface area contributed by atoms with E-state index in [-0.39, 0.29) is 18.2 Å². The maximum absolute atomic E-state index is 13.6. The number of ether oxygens (including phenoxy) is 1. The van der Waals surface area contributed by atoms with Gasteiger partial charge in [-0.2, -0.15) is 4.98 Å². The average Bonchev–Trinajstić information content (AvgIpc) is 2.94. The molecule has 0 aliphatic carbocycles. The van der Waals surface area contributed by atoms with Gasteiger partial charge in [0.2, 0.25) is 5.88 Å². The number of aliphatic hydroxyl groups is 1. The predicted octanol–water partition coefficient (Wildman–Crippen LogP) is 3.58. The molecule has 19 heavy (non-hydrogen) atoms. The molecule has 98 valence electrons. The number of hydrogen-bond acceptors (Lipinski definition) is 4. The van der Waals surface area contributed by atoms with Crippen molar-refractivity contribution in [3.8, 4) is 11.6 Å². The molecule has 1 aromatic carbocycles. The van der Waals surface area contributed by atoms with Crippen LogP contribution in [-0.2, 0) is 6.61 Å².